The largest absolute Gasteiger partial charge is 0.458 e. The minimum absolute atomic E-state index is 0.00638. The molecule has 5 rings (SSSR count). The van der Waals surface area contributed by atoms with Gasteiger partial charge in [0.2, 0.25) is 0 Å². The summed E-state index contributed by atoms with van der Waals surface area (Å²) >= 11 is 0. The van der Waals surface area contributed by atoms with Gasteiger partial charge in [-0.05, 0) is 60.2 Å². The van der Waals surface area contributed by atoms with Gasteiger partial charge in [0.1, 0.15) is 30.1 Å². The standard InChI is InChI=1S/C28H25FN6O4/c1-3-12-39-27(38)20-8-9-21-19(16(20)2)10-11-22(21)33-26(37)24-13-23(34-28-31-15-32-35(24)28)25(36)30-14-17-4-6-18(29)7-5-17/h3-9,13,15,22H,1,10-12,14H2,2H3,(H,30,36)(H,33,37)/t22-/m0/s1. The highest BCUT2D eigenvalue weighted by molar-refractivity contribution is 5.98. The van der Waals surface area contributed by atoms with Gasteiger partial charge < -0.3 is 15.4 Å². The Bertz CT molecular complexity index is 1600. The number of carbonyl (C=O) groups excluding carboxylic acids is 3. The number of fused-ring (bicyclic) bond motifs is 2. The van der Waals surface area contributed by atoms with Crippen LogP contribution in [0.1, 0.15) is 66.1 Å². The van der Waals surface area contributed by atoms with Crippen LogP contribution in [0.4, 0.5) is 4.39 Å². The molecule has 2 aromatic carbocycles. The molecule has 2 aromatic heterocycles. The third-order valence-corrected chi connectivity index (χ3v) is 6.63. The quantitative estimate of drug-likeness (QED) is 0.265. The number of rotatable bonds is 8. The zero-order valence-corrected chi connectivity index (χ0v) is 21.1. The summed E-state index contributed by atoms with van der Waals surface area (Å²) in [6.07, 6.45) is 4.09. The van der Waals surface area contributed by atoms with Crippen molar-refractivity contribution in [2.75, 3.05) is 6.61 Å². The van der Waals surface area contributed by atoms with Gasteiger partial charge in [0, 0.05) is 12.6 Å². The minimum atomic E-state index is -0.517. The van der Waals surface area contributed by atoms with E-state index in [2.05, 4.69) is 32.3 Å². The molecule has 0 aliphatic heterocycles. The molecule has 0 spiro atoms. The maximum Gasteiger partial charge on any atom is 0.338 e. The van der Waals surface area contributed by atoms with Crippen LogP contribution in [0.25, 0.3) is 5.78 Å². The molecule has 2 heterocycles. The third kappa shape index (κ3) is 5.24. The van der Waals surface area contributed by atoms with E-state index in [0.29, 0.717) is 24.0 Å². The lowest BCUT2D eigenvalue weighted by Crippen LogP contribution is -2.30. The topological polar surface area (TPSA) is 128 Å². The number of halogens is 1. The SMILES string of the molecule is C=CCOC(=O)c1ccc2c(c1C)CC[C@@H]2NC(=O)c1cc(C(=O)NCc2ccc(F)cc2)nc2ncnn12. The molecule has 0 unspecified atom stereocenters. The molecule has 0 radical (unpaired) electrons. The van der Waals surface area contributed by atoms with E-state index in [1.165, 1.54) is 35.1 Å². The first kappa shape index (κ1) is 25.7. The fourth-order valence-corrected chi connectivity index (χ4v) is 4.66. The Kier molecular flexibility index (Phi) is 7.13. The van der Waals surface area contributed by atoms with Crippen LogP contribution >= 0.6 is 0 Å². The molecule has 39 heavy (non-hydrogen) atoms. The van der Waals surface area contributed by atoms with Crippen molar-refractivity contribution in [3.63, 3.8) is 0 Å². The van der Waals surface area contributed by atoms with Crippen LogP contribution in [0.15, 0.2) is 61.4 Å². The van der Waals surface area contributed by atoms with Crippen molar-refractivity contribution in [3.8, 4) is 0 Å². The molecular weight excluding hydrogens is 503 g/mol. The third-order valence-electron chi connectivity index (χ3n) is 6.63. The predicted molar refractivity (Wildman–Crippen MR) is 139 cm³/mol. The van der Waals surface area contributed by atoms with Gasteiger partial charge in [0.15, 0.2) is 0 Å². The maximum atomic E-state index is 13.4. The normalized spacial score (nSPS) is 14.1. The number of nitrogens with zero attached hydrogens (tertiary/aromatic N) is 4. The summed E-state index contributed by atoms with van der Waals surface area (Å²) in [6, 6.07) is 10.3. The lowest BCUT2D eigenvalue weighted by molar-refractivity contribution is 0.0548. The van der Waals surface area contributed by atoms with Crippen molar-refractivity contribution in [2.24, 2.45) is 0 Å². The Balaban J connectivity index is 1.35. The molecule has 0 bridgehead atoms. The zero-order valence-electron chi connectivity index (χ0n) is 21.1. The molecule has 1 aliphatic rings. The van der Waals surface area contributed by atoms with E-state index in [1.807, 2.05) is 13.0 Å². The molecule has 0 fully saturated rings. The lowest BCUT2D eigenvalue weighted by Gasteiger charge is -2.16. The Morgan fingerprint density at radius 2 is 1.97 bits per heavy atom. The second-order valence-electron chi connectivity index (χ2n) is 9.07. The van der Waals surface area contributed by atoms with Crippen LogP contribution < -0.4 is 10.6 Å². The first-order valence-corrected chi connectivity index (χ1v) is 12.3. The monoisotopic (exact) mass is 528 g/mol. The van der Waals surface area contributed by atoms with Crippen LogP contribution in [0.2, 0.25) is 0 Å². The predicted octanol–water partition coefficient (Wildman–Crippen LogP) is 3.26. The van der Waals surface area contributed by atoms with Gasteiger partial charge in [-0.2, -0.15) is 14.6 Å². The first-order chi connectivity index (χ1) is 18.9. The molecule has 1 atom stereocenters. The first-order valence-electron chi connectivity index (χ1n) is 12.3. The van der Waals surface area contributed by atoms with Gasteiger partial charge in [-0.1, -0.05) is 30.9 Å². The Labute approximate surface area is 222 Å². The van der Waals surface area contributed by atoms with Crippen molar-refractivity contribution in [1.82, 2.24) is 30.2 Å². The van der Waals surface area contributed by atoms with Gasteiger partial charge in [0.25, 0.3) is 17.6 Å². The van der Waals surface area contributed by atoms with E-state index in [4.69, 9.17) is 4.74 Å². The number of amides is 2. The minimum Gasteiger partial charge on any atom is -0.458 e. The Morgan fingerprint density at radius 3 is 2.74 bits per heavy atom. The van der Waals surface area contributed by atoms with Crippen LogP contribution in [-0.4, -0.2) is 44.0 Å². The number of benzene rings is 2. The molecule has 0 saturated heterocycles. The van der Waals surface area contributed by atoms with Crippen molar-refractivity contribution in [2.45, 2.75) is 32.4 Å². The number of hydrogen-bond donors (Lipinski definition) is 2. The Morgan fingerprint density at radius 1 is 1.18 bits per heavy atom. The van der Waals surface area contributed by atoms with Crippen LogP contribution in [0, 0.1) is 12.7 Å². The van der Waals surface area contributed by atoms with Gasteiger partial charge in [0.05, 0.1) is 11.6 Å². The van der Waals surface area contributed by atoms with Crippen molar-refractivity contribution >= 4 is 23.6 Å². The summed E-state index contributed by atoms with van der Waals surface area (Å²) in [4.78, 5) is 46.9. The van der Waals surface area contributed by atoms with Crippen LogP contribution in [0.5, 0.6) is 0 Å². The number of esters is 1. The van der Waals surface area contributed by atoms with Gasteiger partial charge in [-0.25, -0.2) is 14.2 Å². The van der Waals surface area contributed by atoms with Gasteiger partial charge in [-0.15, -0.1) is 0 Å². The molecule has 10 nitrogen and oxygen atoms in total. The maximum absolute atomic E-state index is 13.4. The van der Waals surface area contributed by atoms with Gasteiger partial charge in [-0.3, -0.25) is 9.59 Å². The molecule has 11 heteroatoms. The summed E-state index contributed by atoms with van der Waals surface area (Å²) in [6.45, 7) is 5.71. The fourth-order valence-electron chi connectivity index (χ4n) is 4.66. The number of hydrogen-bond acceptors (Lipinski definition) is 7. The highest BCUT2D eigenvalue weighted by atomic mass is 19.1. The summed E-state index contributed by atoms with van der Waals surface area (Å²) in [5.74, 6) is -1.66. The molecule has 1 aliphatic carbocycles. The average Bonchev–Trinajstić information content (AvgIpc) is 3.58. The molecule has 2 N–H and O–H groups in total. The molecule has 0 saturated carbocycles. The second-order valence-corrected chi connectivity index (χ2v) is 9.07. The molecule has 4 aromatic rings. The van der Waals surface area contributed by atoms with Crippen molar-refractivity contribution < 1.29 is 23.5 Å². The van der Waals surface area contributed by atoms with Crippen LogP contribution in [-0.2, 0) is 17.7 Å². The second kappa shape index (κ2) is 10.8. The van der Waals surface area contributed by atoms with Crippen LogP contribution in [0.3, 0.4) is 0 Å². The van der Waals surface area contributed by atoms with Crippen molar-refractivity contribution in [1.29, 1.82) is 0 Å². The molecular formula is C28H25FN6O4. The zero-order chi connectivity index (χ0) is 27.5. The number of ether oxygens (including phenoxy) is 1. The van der Waals surface area contributed by atoms with E-state index < -0.39 is 17.8 Å². The lowest BCUT2D eigenvalue weighted by atomic mass is 9.98. The summed E-state index contributed by atoms with van der Waals surface area (Å²) in [5.41, 5.74) is 4.02. The fraction of sp³-hybridized carbons (Fsp3) is 0.214. The summed E-state index contributed by atoms with van der Waals surface area (Å²) < 4.78 is 19.6. The van der Waals surface area contributed by atoms with E-state index in [1.54, 1.807) is 18.2 Å². The number of aromatic nitrogens is 4. The molecule has 198 valence electrons. The van der Waals surface area contributed by atoms with E-state index in [-0.39, 0.29) is 42.2 Å². The van der Waals surface area contributed by atoms with E-state index in [9.17, 15) is 18.8 Å². The summed E-state index contributed by atoms with van der Waals surface area (Å²) in [5, 5.41) is 9.83. The molecule has 2 amide bonds. The highest BCUT2D eigenvalue weighted by Crippen LogP contribution is 2.35. The van der Waals surface area contributed by atoms with Crippen molar-refractivity contribution in [3.05, 3.63) is 106 Å². The smallest absolute Gasteiger partial charge is 0.338 e. The van der Waals surface area contributed by atoms with Gasteiger partial charge >= 0.3 is 5.97 Å². The number of nitrogens with one attached hydrogen (secondary N) is 2. The number of carbonyl (C=O) groups is 3. The van der Waals surface area contributed by atoms with E-state index in [0.717, 1.165) is 16.7 Å². The average molecular weight is 529 g/mol. The van der Waals surface area contributed by atoms with E-state index >= 15 is 0 Å². The summed E-state index contributed by atoms with van der Waals surface area (Å²) in [7, 11) is 0. The highest BCUT2D eigenvalue weighted by Gasteiger charge is 2.29. The Hall–Kier alpha value is -4.93.